The van der Waals surface area contributed by atoms with E-state index in [1.54, 1.807) is 12.1 Å². The van der Waals surface area contributed by atoms with E-state index < -0.39 is 0 Å². The predicted octanol–water partition coefficient (Wildman–Crippen LogP) is 3.18. The Morgan fingerprint density at radius 1 is 1.43 bits per heavy atom. The molecule has 1 heterocycles. The smallest absolute Gasteiger partial charge is 0.273 e. The fourth-order valence-corrected chi connectivity index (χ4v) is 3.21. The first-order valence-corrected chi connectivity index (χ1v) is 8.21. The largest absolute Gasteiger partial charge is 0.312 e. The van der Waals surface area contributed by atoms with Crippen LogP contribution in [0.5, 0.6) is 0 Å². The van der Waals surface area contributed by atoms with Gasteiger partial charge in [-0.15, -0.1) is 0 Å². The van der Waals surface area contributed by atoms with Crippen molar-refractivity contribution in [1.29, 1.82) is 0 Å². The molecule has 1 aromatic carbocycles. The molecule has 1 N–H and O–H groups in total. The molecular formula is C15H22BrN3O2. The van der Waals surface area contributed by atoms with Crippen molar-refractivity contribution in [2.24, 2.45) is 5.92 Å². The number of benzene rings is 1. The number of nitrogens with one attached hydrogen (secondary N) is 1. The van der Waals surface area contributed by atoms with Crippen LogP contribution in [0.2, 0.25) is 0 Å². The number of nitro groups is 1. The van der Waals surface area contributed by atoms with Crippen LogP contribution in [-0.2, 0) is 6.54 Å². The maximum absolute atomic E-state index is 11.0. The Balaban J connectivity index is 1.82. The van der Waals surface area contributed by atoms with Crippen LogP contribution in [0.15, 0.2) is 22.7 Å². The Morgan fingerprint density at radius 2 is 2.14 bits per heavy atom. The summed E-state index contributed by atoms with van der Waals surface area (Å²) in [6.45, 7) is 7.15. The van der Waals surface area contributed by atoms with E-state index in [-0.39, 0.29) is 10.6 Å². The minimum absolute atomic E-state index is 0.179. The lowest BCUT2D eigenvalue weighted by atomic mass is 10.1. The first kappa shape index (κ1) is 16.4. The topological polar surface area (TPSA) is 58.4 Å². The van der Waals surface area contributed by atoms with Gasteiger partial charge in [-0.2, -0.15) is 0 Å². The van der Waals surface area contributed by atoms with Gasteiger partial charge in [0.2, 0.25) is 0 Å². The van der Waals surface area contributed by atoms with Gasteiger partial charge in [-0.1, -0.05) is 22.9 Å². The van der Waals surface area contributed by atoms with Gasteiger partial charge in [-0.3, -0.25) is 10.1 Å². The van der Waals surface area contributed by atoms with E-state index in [0.29, 0.717) is 12.5 Å². The molecule has 0 bridgehead atoms. The Labute approximate surface area is 134 Å². The fourth-order valence-electron chi connectivity index (χ4n) is 2.80. The van der Waals surface area contributed by atoms with Gasteiger partial charge in [0, 0.05) is 29.2 Å². The number of halogens is 1. The normalized spacial score (nSPS) is 17.0. The number of hydrogen-bond acceptors (Lipinski definition) is 4. The molecule has 21 heavy (non-hydrogen) atoms. The van der Waals surface area contributed by atoms with Crippen molar-refractivity contribution in [2.45, 2.75) is 26.3 Å². The van der Waals surface area contributed by atoms with Crippen LogP contribution in [0, 0.1) is 16.0 Å². The molecule has 1 aromatic rings. The molecule has 5 nitrogen and oxygen atoms in total. The molecule has 0 saturated carbocycles. The van der Waals surface area contributed by atoms with Crippen LogP contribution in [0.4, 0.5) is 5.69 Å². The zero-order valence-corrected chi connectivity index (χ0v) is 13.9. The summed E-state index contributed by atoms with van der Waals surface area (Å²) in [6.07, 6.45) is 2.62. The quantitative estimate of drug-likeness (QED) is 0.602. The van der Waals surface area contributed by atoms with Crippen LogP contribution in [0.3, 0.4) is 0 Å². The van der Waals surface area contributed by atoms with E-state index in [2.05, 4.69) is 33.1 Å². The molecule has 0 amide bonds. The van der Waals surface area contributed by atoms with E-state index in [4.69, 9.17) is 0 Å². The Bertz CT molecular complexity index is 490. The van der Waals surface area contributed by atoms with Gasteiger partial charge in [0.25, 0.3) is 5.69 Å². The molecule has 0 aromatic heterocycles. The van der Waals surface area contributed by atoms with Crippen molar-refractivity contribution < 1.29 is 4.92 Å². The number of nitrogens with zero attached hydrogens (tertiary/aromatic N) is 2. The molecule has 0 radical (unpaired) electrons. The summed E-state index contributed by atoms with van der Waals surface area (Å²) in [5.74, 6) is 0.550. The third-order valence-corrected chi connectivity index (χ3v) is 4.31. The minimum Gasteiger partial charge on any atom is -0.312 e. The van der Waals surface area contributed by atoms with Gasteiger partial charge in [-0.25, -0.2) is 0 Å². The second-order valence-electron chi connectivity index (χ2n) is 5.77. The van der Waals surface area contributed by atoms with E-state index in [0.717, 1.165) is 23.1 Å². The summed E-state index contributed by atoms with van der Waals surface area (Å²) in [4.78, 5) is 13.2. The highest BCUT2D eigenvalue weighted by atomic mass is 79.9. The van der Waals surface area contributed by atoms with Crippen molar-refractivity contribution >= 4 is 21.6 Å². The number of hydrogen-bond donors (Lipinski definition) is 1. The minimum atomic E-state index is -0.322. The lowest BCUT2D eigenvalue weighted by Crippen LogP contribution is -2.31. The molecule has 116 valence electrons. The van der Waals surface area contributed by atoms with E-state index in [1.165, 1.54) is 25.9 Å². The highest BCUT2D eigenvalue weighted by molar-refractivity contribution is 9.10. The second-order valence-corrected chi connectivity index (χ2v) is 6.69. The molecule has 6 heteroatoms. The average molecular weight is 356 g/mol. The first-order chi connectivity index (χ1) is 10.1. The average Bonchev–Trinajstić information content (AvgIpc) is 2.91. The summed E-state index contributed by atoms with van der Waals surface area (Å²) in [7, 11) is 0. The number of nitro benzene ring substituents is 1. The molecule has 1 aliphatic rings. The van der Waals surface area contributed by atoms with Gasteiger partial charge in [-0.05, 0) is 50.5 Å². The van der Waals surface area contributed by atoms with Gasteiger partial charge in [0.05, 0.1) is 4.92 Å². The van der Waals surface area contributed by atoms with Crippen molar-refractivity contribution in [2.75, 3.05) is 26.2 Å². The summed E-state index contributed by atoms with van der Waals surface area (Å²) >= 11 is 3.37. The Kier molecular flexibility index (Phi) is 6.14. The van der Waals surface area contributed by atoms with Crippen molar-refractivity contribution in [3.63, 3.8) is 0 Å². The zero-order chi connectivity index (χ0) is 15.2. The highest BCUT2D eigenvalue weighted by Crippen LogP contribution is 2.22. The van der Waals surface area contributed by atoms with Crippen molar-refractivity contribution in [3.8, 4) is 0 Å². The second kappa shape index (κ2) is 7.87. The first-order valence-electron chi connectivity index (χ1n) is 7.42. The Morgan fingerprint density at radius 3 is 2.81 bits per heavy atom. The van der Waals surface area contributed by atoms with Crippen molar-refractivity contribution in [3.05, 3.63) is 38.3 Å². The monoisotopic (exact) mass is 355 g/mol. The van der Waals surface area contributed by atoms with Gasteiger partial charge >= 0.3 is 0 Å². The van der Waals surface area contributed by atoms with Gasteiger partial charge in [0.1, 0.15) is 0 Å². The standard InChI is InChI=1S/C15H22BrN3O2/c1-12(11-18-6-2-3-7-18)9-17-10-13-8-14(16)4-5-15(13)19(20)21/h4-5,8,12,17H,2-3,6-7,9-11H2,1H3. The molecule has 1 fully saturated rings. The molecule has 1 saturated heterocycles. The molecule has 1 unspecified atom stereocenters. The van der Waals surface area contributed by atoms with Crippen LogP contribution in [0.1, 0.15) is 25.3 Å². The fraction of sp³-hybridized carbons (Fsp3) is 0.600. The molecule has 0 spiro atoms. The van der Waals surface area contributed by atoms with E-state index in [9.17, 15) is 10.1 Å². The third kappa shape index (κ3) is 5.05. The Hall–Kier alpha value is -0.980. The predicted molar refractivity (Wildman–Crippen MR) is 87.3 cm³/mol. The van der Waals surface area contributed by atoms with Crippen LogP contribution < -0.4 is 5.32 Å². The molecule has 1 atom stereocenters. The SMILES string of the molecule is CC(CNCc1cc(Br)ccc1[N+](=O)[O-])CN1CCCC1. The van der Waals surface area contributed by atoms with Crippen LogP contribution in [-0.4, -0.2) is 36.0 Å². The lowest BCUT2D eigenvalue weighted by molar-refractivity contribution is -0.385. The third-order valence-electron chi connectivity index (χ3n) is 3.82. The number of rotatable bonds is 7. The molecule has 1 aliphatic heterocycles. The number of likely N-dealkylation sites (tertiary alicyclic amines) is 1. The van der Waals surface area contributed by atoms with Crippen LogP contribution in [0.25, 0.3) is 0 Å². The highest BCUT2D eigenvalue weighted by Gasteiger charge is 2.16. The summed E-state index contributed by atoms with van der Waals surface area (Å²) in [5.41, 5.74) is 0.903. The van der Waals surface area contributed by atoms with Gasteiger partial charge < -0.3 is 10.2 Å². The molecule has 0 aliphatic carbocycles. The summed E-state index contributed by atoms with van der Waals surface area (Å²) in [5, 5.41) is 14.4. The van der Waals surface area contributed by atoms with Gasteiger partial charge in [0.15, 0.2) is 0 Å². The van der Waals surface area contributed by atoms with E-state index >= 15 is 0 Å². The molecule has 2 rings (SSSR count). The van der Waals surface area contributed by atoms with Crippen molar-refractivity contribution in [1.82, 2.24) is 10.2 Å². The maximum atomic E-state index is 11.0. The van der Waals surface area contributed by atoms with Crippen LogP contribution >= 0.6 is 15.9 Å². The summed E-state index contributed by atoms with van der Waals surface area (Å²) < 4.78 is 0.870. The van der Waals surface area contributed by atoms with E-state index in [1.807, 2.05) is 6.07 Å². The summed E-state index contributed by atoms with van der Waals surface area (Å²) in [6, 6.07) is 5.07. The molecular weight excluding hydrogens is 334 g/mol. The zero-order valence-electron chi connectivity index (χ0n) is 12.3. The maximum Gasteiger partial charge on any atom is 0.273 e. The lowest BCUT2D eigenvalue weighted by Gasteiger charge is -2.20.